The molecular formula is C15H11Br2NO. The molecule has 4 rings (SSSR count). The van der Waals surface area contributed by atoms with Crippen LogP contribution in [0.4, 0.5) is 0 Å². The minimum absolute atomic E-state index is 0.399. The van der Waals surface area contributed by atoms with Gasteiger partial charge in [0.2, 0.25) is 0 Å². The zero-order valence-electron chi connectivity index (χ0n) is 10.0. The number of H-pyrrole nitrogens is 1. The van der Waals surface area contributed by atoms with Crippen molar-refractivity contribution in [1.82, 2.24) is 4.98 Å². The predicted molar refractivity (Wildman–Crippen MR) is 84.6 cm³/mol. The second-order valence-corrected chi connectivity index (χ2v) is 6.79. The Morgan fingerprint density at radius 3 is 2.68 bits per heavy atom. The highest BCUT2D eigenvalue weighted by Gasteiger charge is 2.24. The van der Waals surface area contributed by atoms with Gasteiger partial charge in [-0.15, -0.1) is 0 Å². The van der Waals surface area contributed by atoms with Crippen molar-refractivity contribution in [2.75, 3.05) is 6.61 Å². The highest BCUT2D eigenvalue weighted by molar-refractivity contribution is 9.10. The lowest BCUT2D eigenvalue weighted by Crippen LogP contribution is -1.94. The van der Waals surface area contributed by atoms with Crippen molar-refractivity contribution in [3.8, 4) is 0 Å². The summed E-state index contributed by atoms with van der Waals surface area (Å²) in [6.07, 6.45) is 1.37. The summed E-state index contributed by atoms with van der Waals surface area (Å²) < 4.78 is 7.58. The minimum atomic E-state index is 0.399. The predicted octanol–water partition coefficient (Wildman–Crippen LogP) is 4.79. The Kier molecular flexibility index (Phi) is 2.72. The molecule has 0 aliphatic carbocycles. The third-order valence-electron chi connectivity index (χ3n) is 3.57. The summed E-state index contributed by atoms with van der Waals surface area (Å²) in [5.74, 6) is 0. The average Bonchev–Trinajstić information content (AvgIpc) is 3.11. The van der Waals surface area contributed by atoms with Crippen LogP contribution >= 0.6 is 31.9 Å². The molecule has 2 aromatic carbocycles. The van der Waals surface area contributed by atoms with E-state index in [2.05, 4.69) is 67.2 Å². The number of hydrogen-bond acceptors (Lipinski definition) is 1. The van der Waals surface area contributed by atoms with Crippen LogP contribution in [0, 0.1) is 0 Å². The molecule has 4 heteroatoms. The Morgan fingerprint density at radius 2 is 1.89 bits per heavy atom. The number of fused-ring (bicyclic) bond motifs is 3. The van der Waals surface area contributed by atoms with E-state index in [1.807, 2.05) is 0 Å². The summed E-state index contributed by atoms with van der Waals surface area (Å²) in [7, 11) is 0. The summed E-state index contributed by atoms with van der Waals surface area (Å²) in [6.45, 7) is 0.889. The van der Waals surface area contributed by atoms with E-state index in [0.29, 0.717) is 6.10 Å². The molecule has 0 radical (unpaired) electrons. The van der Waals surface area contributed by atoms with Crippen LogP contribution in [0.15, 0.2) is 39.3 Å². The molecule has 0 amide bonds. The Bertz CT molecular complexity index is 790. The first kappa shape index (κ1) is 11.9. The van der Waals surface area contributed by atoms with E-state index in [-0.39, 0.29) is 0 Å². The standard InChI is InChI=1S/C15H11Br2NO/c16-9-1-2-14-12(5-9)13-6-10(17)3-8(15(13)18-14)4-11-7-19-11/h1-3,5-6,11,18H,4,7H2. The zero-order valence-corrected chi connectivity index (χ0v) is 13.2. The highest BCUT2D eigenvalue weighted by Crippen LogP contribution is 2.33. The molecule has 0 saturated carbocycles. The van der Waals surface area contributed by atoms with Crippen molar-refractivity contribution in [2.24, 2.45) is 0 Å². The number of hydrogen-bond donors (Lipinski definition) is 1. The number of aromatic amines is 1. The minimum Gasteiger partial charge on any atom is -0.373 e. The maximum atomic E-state index is 5.36. The van der Waals surface area contributed by atoms with E-state index in [1.165, 1.54) is 27.4 Å². The smallest absolute Gasteiger partial charge is 0.0850 e. The lowest BCUT2D eigenvalue weighted by Gasteiger charge is -2.02. The number of ether oxygens (including phenoxy) is 1. The van der Waals surface area contributed by atoms with Crippen molar-refractivity contribution in [3.05, 3.63) is 44.8 Å². The molecule has 1 aromatic heterocycles. The molecule has 1 atom stereocenters. The van der Waals surface area contributed by atoms with Crippen LogP contribution in [-0.2, 0) is 11.2 Å². The highest BCUT2D eigenvalue weighted by atomic mass is 79.9. The van der Waals surface area contributed by atoms with Crippen LogP contribution in [0.3, 0.4) is 0 Å². The van der Waals surface area contributed by atoms with Crippen LogP contribution in [0.5, 0.6) is 0 Å². The largest absolute Gasteiger partial charge is 0.373 e. The third kappa shape index (κ3) is 2.12. The van der Waals surface area contributed by atoms with Gasteiger partial charge in [-0.3, -0.25) is 0 Å². The number of rotatable bonds is 2. The van der Waals surface area contributed by atoms with Gasteiger partial charge in [0.25, 0.3) is 0 Å². The van der Waals surface area contributed by atoms with Gasteiger partial charge < -0.3 is 9.72 Å². The van der Waals surface area contributed by atoms with Gasteiger partial charge in [0.1, 0.15) is 0 Å². The monoisotopic (exact) mass is 379 g/mol. The van der Waals surface area contributed by atoms with E-state index in [0.717, 1.165) is 22.0 Å². The number of benzene rings is 2. The van der Waals surface area contributed by atoms with Crippen molar-refractivity contribution >= 4 is 53.7 Å². The van der Waals surface area contributed by atoms with Gasteiger partial charge >= 0.3 is 0 Å². The number of aromatic nitrogens is 1. The van der Waals surface area contributed by atoms with Crippen molar-refractivity contribution in [1.29, 1.82) is 0 Å². The fourth-order valence-electron chi connectivity index (χ4n) is 2.60. The van der Waals surface area contributed by atoms with Gasteiger partial charge in [0.05, 0.1) is 12.7 Å². The molecule has 0 spiro atoms. The fourth-order valence-corrected chi connectivity index (χ4v) is 3.46. The number of nitrogens with one attached hydrogen (secondary N) is 1. The molecule has 1 unspecified atom stereocenters. The van der Waals surface area contributed by atoms with Gasteiger partial charge in [-0.2, -0.15) is 0 Å². The third-order valence-corrected chi connectivity index (χ3v) is 4.52. The molecule has 3 aromatic rings. The maximum Gasteiger partial charge on any atom is 0.0850 e. The molecule has 2 nitrogen and oxygen atoms in total. The second kappa shape index (κ2) is 4.33. The Morgan fingerprint density at radius 1 is 1.11 bits per heavy atom. The van der Waals surface area contributed by atoms with E-state index < -0.39 is 0 Å². The first-order valence-electron chi connectivity index (χ1n) is 6.22. The first-order valence-corrected chi connectivity index (χ1v) is 7.80. The van der Waals surface area contributed by atoms with Gasteiger partial charge in [-0.1, -0.05) is 31.9 Å². The lowest BCUT2D eigenvalue weighted by atomic mass is 10.1. The molecule has 1 aliphatic heterocycles. The van der Waals surface area contributed by atoms with Crippen LogP contribution in [0.25, 0.3) is 21.8 Å². The SMILES string of the molecule is Brc1ccc2[nH]c3c(CC4CO4)cc(Br)cc3c2c1. The van der Waals surface area contributed by atoms with Gasteiger partial charge in [-0.25, -0.2) is 0 Å². The van der Waals surface area contributed by atoms with E-state index in [1.54, 1.807) is 0 Å². The number of epoxide rings is 1. The number of halogens is 2. The summed E-state index contributed by atoms with van der Waals surface area (Å²) >= 11 is 7.16. The summed E-state index contributed by atoms with van der Waals surface area (Å²) in [5.41, 5.74) is 3.72. The van der Waals surface area contributed by atoms with Crippen molar-refractivity contribution in [3.63, 3.8) is 0 Å². The summed E-state index contributed by atoms with van der Waals surface area (Å²) in [4.78, 5) is 3.54. The molecule has 1 aliphatic rings. The molecule has 1 fully saturated rings. The molecular weight excluding hydrogens is 370 g/mol. The van der Waals surface area contributed by atoms with E-state index in [4.69, 9.17) is 4.74 Å². The summed E-state index contributed by atoms with van der Waals surface area (Å²) in [5, 5.41) is 2.52. The van der Waals surface area contributed by atoms with Crippen LogP contribution in [0.2, 0.25) is 0 Å². The van der Waals surface area contributed by atoms with Crippen molar-refractivity contribution in [2.45, 2.75) is 12.5 Å². The second-order valence-electron chi connectivity index (χ2n) is 4.96. The van der Waals surface area contributed by atoms with E-state index >= 15 is 0 Å². The Hall–Kier alpha value is -0.840. The quantitative estimate of drug-likeness (QED) is 0.636. The molecule has 19 heavy (non-hydrogen) atoms. The zero-order chi connectivity index (χ0) is 13.0. The Labute approximate surface area is 127 Å². The van der Waals surface area contributed by atoms with Crippen molar-refractivity contribution < 1.29 is 4.74 Å². The van der Waals surface area contributed by atoms with Crippen LogP contribution in [0.1, 0.15) is 5.56 Å². The molecule has 2 heterocycles. The average molecular weight is 381 g/mol. The molecule has 0 bridgehead atoms. The van der Waals surface area contributed by atoms with Crippen LogP contribution < -0.4 is 0 Å². The molecule has 96 valence electrons. The summed E-state index contributed by atoms with van der Waals surface area (Å²) in [6, 6.07) is 10.7. The van der Waals surface area contributed by atoms with Gasteiger partial charge in [0, 0.05) is 37.2 Å². The fraction of sp³-hybridized carbons (Fsp3) is 0.200. The lowest BCUT2D eigenvalue weighted by molar-refractivity contribution is 0.408. The van der Waals surface area contributed by atoms with E-state index in [9.17, 15) is 0 Å². The molecule has 1 N–H and O–H groups in total. The molecule has 1 saturated heterocycles. The maximum absolute atomic E-state index is 5.36. The Balaban J connectivity index is 2.04. The van der Waals surface area contributed by atoms with Crippen LogP contribution in [-0.4, -0.2) is 17.7 Å². The van der Waals surface area contributed by atoms with Gasteiger partial charge in [-0.05, 0) is 35.9 Å². The first-order chi connectivity index (χ1) is 9.20. The van der Waals surface area contributed by atoms with Gasteiger partial charge in [0.15, 0.2) is 0 Å². The normalized spacial score (nSPS) is 18.3. The topological polar surface area (TPSA) is 28.3 Å².